The average Bonchev–Trinajstić information content (AvgIpc) is 2.98. The van der Waals surface area contributed by atoms with Crippen LogP contribution in [0.2, 0.25) is 5.02 Å². The van der Waals surface area contributed by atoms with Crippen molar-refractivity contribution < 1.29 is 13.2 Å². The number of rotatable bonds is 4. The number of benzene rings is 1. The molecule has 88 valence electrons. The molecule has 0 bridgehead atoms. The van der Waals surface area contributed by atoms with Gasteiger partial charge in [0.25, 0.3) is 9.05 Å². The average molecular weight is 281 g/mol. The van der Waals surface area contributed by atoms with E-state index in [-0.39, 0.29) is 9.92 Å². The molecule has 6 heteroatoms. The molecule has 3 nitrogen and oxygen atoms in total. The minimum Gasteiger partial charge on any atom is -0.492 e. The zero-order valence-corrected chi connectivity index (χ0v) is 10.6. The summed E-state index contributed by atoms with van der Waals surface area (Å²) in [5.41, 5.74) is 0. The molecule has 1 saturated carbocycles. The maximum atomic E-state index is 11.0. The van der Waals surface area contributed by atoms with Crippen LogP contribution in [0.1, 0.15) is 12.8 Å². The van der Waals surface area contributed by atoms with Crippen molar-refractivity contribution >= 4 is 31.3 Å². The standard InChI is InChI=1S/C10H10Cl2O3S/c11-9-5-8(16(12,13)14)3-4-10(9)15-6-7-1-2-7/h3-5,7H,1-2,6H2. The molecule has 0 spiro atoms. The monoisotopic (exact) mass is 280 g/mol. The van der Waals surface area contributed by atoms with Gasteiger partial charge in [-0.05, 0) is 37.0 Å². The lowest BCUT2D eigenvalue weighted by atomic mass is 10.3. The minimum atomic E-state index is -3.73. The zero-order valence-electron chi connectivity index (χ0n) is 8.32. The molecule has 16 heavy (non-hydrogen) atoms. The second kappa shape index (κ2) is 4.43. The van der Waals surface area contributed by atoms with Gasteiger partial charge in [-0.15, -0.1) is 0 Å². The summed E-state index contributed by atoms with van der Waals surface area (Å²) in [7, 11) is 1.46. The van der Waals surface area contributed by atoms with Gasteiger partial charge in [-0.2, -0.15) is 0 Å². The van der Waals surface area contributed by atoms with Gasteiger partial charge in [0.1, 0.15) is 5.75 Å². The van der Waals surface area contributed by atoms with Gasteiger partial charge in [0, 0.05) is 10.7 Å². The maximum absolute atomic E-state index is 11.0. The van der Waals surface area contributed by atoms with Crippen LogP contribution in [-0.2, 0) is 9.05 Å². The van der Waals surface area contributed by atoms with E-state index in [1.807, 2.05) is 0 Å². The third-order valence-electron chi connectivity index (χ3n) is 2.36. The van der Waals surface area contributed by atoms with Gasteiger partial charge >= 0.3 is 0 Å². The number of hydrogen-bond donors (Lipinski definition) is 0. The fourth-order valence-electron chi connectivity index (χ4n) is 1.24. The second-order valence-corrected chi connectivity index (χ2v) is 6.76. The Morgan fingerprint density at radius 3 is 2.56 bits per heavy atom. The Morgan fingerprint density at radius 2 is 2.06 bits per heavy atom. The fourth-order valence-corrected chi connectivity index (χ4v) is 2.32. The molecule has 1 aliphatic rings. The van der Waals surface area contributed by atoms with Crippen molar-refractivity contribution in [2.75, 3.05) is 6.61 Å². The van der Waals surface area contributed by atoms with E-state index >= 15 is 0 Å². The molecule has 1 aromatic carbocycles. The molecule has 1 fully saturated rings. The molecule has 1 aromatic rings. The van der Waals surface area contributed by atoms with E-state index in [2.05, 4.69) is 0 Å². The summed E-state index contributed by atoms with van der Waals surface area (Å²) in [4.78, 5) is -0.0158. The Balaban J connectivity index is 2.15. The van der Waals surface area contributed by atoms with Crippen LogP contribution in [0.15, 0.2) is 23.1 Å². The molecule has 1 aliphatic carbocycles. The molecule has 0 atom stereocenters. The van der Waals surface area contributed by atoms with Crippen LogP contribution in [0.25, 0.3) is 0 Å². The van der Waals surface area contributed by atoms with Gasteiger partial charge in [0.15, 0.2) is 0 Å². The lowest BCUT2D eigenvalue weighted by Crippen LogP contribution is -2.00. The summed E-state index contributed by atoms with van der Waals surface area (Å²) in [5.74, 6) is 1.12. The van der Waals surface area contributed by atoms with Crippen molar-refractivity contribution in [2.24, 2.45) is 5.92 Å². The van der Waals surface area contributed by atoms with Crippen molar-refractivity contribution in [3.05, 3.63) is 23.2 Å². The van der Waals surface area contributed by atoms with E-state index in [1.165, 1.54) is 31.0 Å². The van der Waals surface area contributed by atoms with Crippen LogP contribution >= 0.6 is 22.3 Å². The summed E-state index contributed by atoms with van der Waals surface area (Å²) in [6.07, 6.45) is 2.37. The molecule has 0 saturated heterocycles. The first-order chi connectivity index (χ1) is 7.47. The van der Waals surface area contributed by atoms with Crippen LogP contribution in [0.3, 0.4) is 0 Å². The molecule has 0 unspecified atom stereocenters. The van der Waals surface area contributed by atoms with E-state index in [4.69, 9.17) is 27.0 Å². The highest BCUT2D eigenvalue weighted by atomic mass is 35.7. The minimum absolute atomic E-state index is 0.0158. The first kappa shape index (κ1) is 12.0. The van der Waals surface area contributed by atoms with E-state index in [1.54, 1.807) is 0 Å². The van der Waals surface area contributed by atoms with Gasteiger partial charge in [0.05, 0.1) is 16.5 Å². The van der Waals surface area contributed by atoms with E-state index in [0.717, 1.165) is 0 Å². The molecule has 0 heterocycles. The molecule has 0 amide bonds. The molecule has 0 radical (unpaired) electrons. The summed E-state index contributed by atoms with van der Waals surface area (Å²) in [6.45, 7) is 0.632. The van der Waals surface area contributed by atoms with Crippen molar-refractivity contribution in [1.82, 2.24) is 0 Å². The highest BCUT2D eigenvalue weighted by molar-refractivity contribution is 8.13. The maximum Gasteiger partial charge on any atom is 0.261 e. The highest BCUT2D eigenvalue weighted by Gasteiger charge is 2.22. The lowest BCUT2D eigenvalue weighted by molar-refractivity contribution is 0.300. The first-order valence-corrected chi connectivity index (χ1v) is 7.52. The quantitative estimate of drug-likeness (QED) is 0.797. The number of ether oxygens (including phenoxy) is 1. The van der Waals surface area contributed by atoms with Crippen molar-refractivity contribution in [1.29, 1.82) is 0 Å². The van der Waals surface area contributed by atoms with E-state index in [9.17, 15) is 8.42 Å². The van der Waals surface area contributed by atoms with Crippen LogP contribution in [0.4, 0.5) is 0 Å². The van der Waals surface area contributed by atoms with Crippen molar-refractivity contribution in [3.8, 4) is 5.75 Å². The predicted molar refractivity (Wildman–Crippen MR) is 62.7 cm³/mol. The van der Waals surface area contributed by atoms with Crippen LogP contribution in [0, 0.1) is 5.92 Å². The molecule has 0 aliphatic heterocycles. The Kier molecular flexibility index (Phi) is 3.33. The van der Waals surface area contributed by atoms with Crippen molar-refractivity contribution in [3.63, 3.8) is 0 Å². The smallest absolute Gasteiger partial charge is 0.261 e. The van der Waals surface area contributed by atoms with E-state index < -0.39 is 9.05 Å². The van der Waals surface area contributed by atoms with Gasteiger partial charge in [-0.3, -0.25) is 0 Å². The molecular formula is C10H10Cl2O3S. The van der Waals surface area contributed by atoms with Gasteiger partial charge in [0.2, 0.25) is 0 Å². The van der Waals surface area contributed by atoms with E-state index in [0.29, 0.717) is 18.3 Å². The number of hydrogen-bond acceptors (Lipinski definition) is 3. The highest BCUT2D eigenvalue weighted by Crippen LogP contribution is 2.33. The summed E-state index contributed by atoms with van der Waals surface area (Å²) in [5, 5.41) is 0.266. The molecule has 0 N–H and O–H groups in total. The first-order valence-electron chi connectivity index (χ1n) is 4.84. The van der Waals surface area contributed by atoms with Crippen LogP contribution in [-0.4, -0.2) is 15.0 Å². The summed E-state index contributed by atoms with van der Waals surface area (Å²) >= 11 is 5.89. The Hall–Kier alpha value is -0.450. The third-order valence-corrected chi connectivity index (χ3v) is 4.00. The van der Waals surface area contributed by atoms with Crippen molar-refractivity contribution in [2.45, 2.75) is 17.7 Å². The summed E-state index contributed by atoms with van der Waals surface area (Å²) < 4.78 is 27.5. The predicted octanol–water partition coefficient (Wildman–Crippen LogP) is 3.06. The molecular weight excluding hydrogens is 271 g/mol. The SMILES string of the molecule is O=S(=O)(Cl)c1ccc(OCC2CC2)c(Cl)c1. The third kappa shape index (κ3) is 3.03. The molecule has 0 aromatic heterocycles. The topological polar surface area (TPSA) is 43.4 Å². The lowest BCUT2D eigenvalue weighted by Gasteiger charge is -2.07. The summed E-state index contributed by atoms with van der Waals surface area (Å²) in [6, 6.07) is 4.21. The largest absolute Gasteiger partial charge is 0.492 e. The fraction of sp³-hybridized carbons (Fsp3) is 0.400. The second-order valence-electron chi connectivity index (χ2n) is 3.78. The zero-order chi connectivity index (χ0) is 11.8. The Bertz CT molecular complexity index is 495. The normalized spacial score (nSPS) is 16.1. The van der Waals surface area contributed by atoms with Crippen LogP contribution < -0.4 is 4.74 Å². The van der Waals surface area contributed by atoms with Crippen LogP contribution in [0.5, 0.6) is 5.75 Å². The van der Waals surface area contributed by atoms with Gasteiger partial charge in [-0.1, -0.05) is 11.6 Å². The number of halogens is 2. The van der Waals surface area contributed by atoms with Gasteiger partial charge < -0.3 is 4.74 Å². The Labute approximate surface area is 104 Å². The molecule has 2 rings (SSSR count). The Morgan fingerprint density at radius 1 is 1.38 bits per heavy atom. The van der Waals surface area contributed by atoms with Gasteiger partial charge in [-0.25, -0.2) is 8.42 Å².